The predicted molar refractivity (Wildman–Crippen MR) is 85.8 cm³/mol. The molecule has 21 heavy (non-hydrogen) atoms. The number of benzene rings is 1. The van der Waals surface area contributed by atoms with E-state index in [1.165, 1.54) is 19.3 Å². The van der Waals surface area contributed by atoms with Gasteiger partial charge in [0.05, 0.1) is 10.6 Å². The molecular formula is C16H26N2O2S. The number of hydrogen-bond donors (Lipinski definition) is 1. The number of sulfone groups is 1. The van der Waals surface area contributed by atoms with Crippen LogP contribution in [0.4, 0.5) is 0 Å². The topological polar surface area (TPSA) is 63.4 Å². The zero-order valence-corrected chi connectivity index (χ0v) is 13.6. The van der Waals surface area contributed by atoms with E-state index in [0.29, 0.717) is 18.0 Å². The summed E-state index contributed by atoms with van der Waals surface area (Å²) in [6, 6.07) is 6.91. The number of rotatable bonds is 8. The molecule has 118 valence electrons. The van der Waals surface area contributed by atoms with Crippen molar-refractivity contribution in [1.29, 1.82) is 0 Å². The van der Waals surface area contributed by atoms with Gasteiger partial charge in [-0.25, -0.2) is 8.42 Å². The maximum atomic E-state index is 12.4. The summed E-state index contributed by atoms with van der Waals surface area (Å²) < 4.78 is 24.7. The fourth-order valence-corrected chi connectivity index (χ4v) is 3.90. The van der Waals surface area contributed by atoms with Crippen LogP contribution in [0.5, 0.6) is 0 Å². The number of nitrogens with two attached hydrogens (primary N) is 1. The molecule has 2 rings (SSSR count). The quantitative estimate of drug-likeness (QED) is 0.798. The summed E-state index contributed by atoms with van der Waals surface area (Å²) in [7, 11) is -3.20. The second-order valence-electron chi connectivity index (χ2n) is 5.86. The first-order valence-corrected chi connectivity index (χ1v) is 9.44. The van der Waals surface area contributed by atoms with Crippen LogP contribution in [0, 0.1) is 5.92 Å². The van der Waals surface area contributed by atoms with Crippen molar-refractivity contribution in [3.63, 3.8) is 0 Å². The third-order valence-corrected chi connectivity index (χ3v) is 6.09. The summed E-state index contributed by atoms with van der Waals surface area (Å²) in [5, 5.41) is 0. The maximum absolute atomic E-state index is 12.4. The number of hydrogen-bond acceptors (Lipinski definition) is 4. The van der Waals surface area contributed by atoms with Gasteiger partial charge in [-0.2, -0.15) is 0 Å². The molecule has 0 saturated heterocycles. The zero-order chi connectivity index (χ0) is 15.3. The average Bonchev–Trinajstić information content (AvgIpc) is 2.45. The first-order valence-electron chi connectivity index (χ1n) is 7.79. The third kappa shape index (κ3) is 4.53. The molecule has 0 unspecified atom stereocenters. The second kappa shape index (κ2) is 7.38. The van der Waals surface area contributed by atoms with E-state index in [2.05, 4.69) is 11.8 Å². The molecule has 0 atom stereocenters. The molecule has 1 saturated carbocycles. The lowest BCUT2D eigenvalue weighted by Crippen LogP contribution is -2.35. The first kappa shape index (κ1) is 16.5. The van der Waals surface area contributed by atoms with Gasteiger partial charge in [0.25, 0.3) is 0 Å². The fraction of sp³-hybridized carbons (Fsp3) is 0.625. The molecule has 0 bridgehead atoms. The van der Waals surface area contributed by atoms with E-state index in [-0.39, 0.29) is 5.75 Å². The van der Waals surface area contributed by atoms with Crippen molar-refractivity contribution in [2.45, 2.75) is 37.6 Å². The van der Waals surface area contributed by atoms with Gasteiger partial charge in [0.15, 0.2) is 9.84 Å². The molecule has 1 fully saturated rings. The lowest BCUT2D eigenvalue weighted by molar-refractivity contribution is 0.191. The highest BCUT2D eigenvalue weighted by molar-refractivity contribution is 7.91. The Morgan fingerprint density at radius 2 is 1.90 bits per heavy atom. The van der Waals surface area contributed by atoms with Crippen molar-refractivity contribution in [2.24, 2.45) is 11.7 Å². The van der Waals surface area contributed by atoms with Gasteiger partial charge in [-0.1, -0.05) is 25.5 Å². The van der Waals surface area contributed by atoms with Crippen molar-refractivity contribution < 1.29 is 8.42 Å². The highest BCUT2D eigenvalue weighted by Crippen LogP contribution is 2.27. The molecule has 0 amide bonds. The lowest BCUT2D eigenvalue weighted by atomic mass is 9.85. The van der Waals surface area contributed by atoms with Gasteiger partial charge in [0, 0.05) is 19.6 Å². The smallest absolute Gasteiger partial charge is 0.179 e. The number of nitrogens with zero attached hydrogens (tertiary/aromatic N) is 1. The van der Waals surface area contributed by atoms with Gasteiger partial charge < -0.3 is 10.6 Å². The molecule has 1 aliphatic rings. The molecule has 1 aromatic rings. The van der Waals surface area contributed by atoms with E-state index in [1.807, 2.05) is 0 Å². The molecule has 1 aliphatic carbocycles. The summed E-state index contributed by atoms with van der Waals surface area (Å²) in [5.41, 5.74) is 6.49. The van der Waals surface area contributed by atoms with Crippen LogP contribution < -0.4 is 5.73 Å². The van der Waals surface area contributed by atoms with Crippen LogP contribution in [0.3, 0.4) is 0 Å². The van der Waals surface area contributed by atoms with Crippen molar-refractivity contribution in [3.05, 3.63) is 29.8 Å². The minimum Gasteiger partial charge on any atom is -0.326 e. The highest BCUT2D eigenvalue weighted by atomic mass is 32.2. The minimum atomic E-state index is -3.20. The second-order valence-corrected chi connectivity index (χ2v) is 7.97. The van der Waals surface area contributed by atoms with Crippen LogP contribution in [0.1, 0.15) is 31.7 Å². The van der Waals surface area contributed by atoms with Gasteiger partial charge in [-0.15, -0.1) is 0 Å². The molecule has 5 heteroatoms. The normalized spacial score (nSPS) is 16.1. The Morgan fingerprint density at radius 1 is 1.24 bits per heavy atom. The van der Waals surface area contributed by atoms with Crippen molar-refractivity contribution in [2.75, 3.05) is 25.4 Å². The van der Waals surface area contributed by atoms with Gasteiger partial charge in [-0.05, 0) is 43.0 Å². The summed E-state index contributed by atoms with van der Waals surface area (Å²) >= 11 is 0. The Balaban J connectivity index is 1.92. The highest BCUT2D eigenvalue weighted by Gasteiger charge is 2.21. The van der Waals surface area contributed by atoms with E-state index < -0.39 is 9.84 Å². The van der Waals surface area contributed by atoms with E-state index >= 15 is 0 Å². The third-order valence-electron chi connectivity index (χ3n) is 4.38. The molecule has 0 radical (unpaired) electrons. The molecular weight excluding hydrogens is 284 g/mol. The monoisotopic (exact) mass is 310 g/mol. The fourth-order valence-electron chi connectivity index (χ4n) is 2.62. The molecule has 4 nitrogen and oxygen atoms in total. The summed E-state index contributed by atoms with van der Waals surface area (Å²) in [6.45, 7) is 5.11. The Hall–Kier alpha value is -0.910. The predicted octanol–water partition coefficient (Wildman–Crippen LogP) is 2.04. The summed E-state index contributed by atoms with van der Waals surface area (Å²) in [5.74, 6) is 0.965. The van der Waals surface area contributed by atoms with Crippen LogP contribution in [0.2, 0.25) is 0 Å². The van der Waals surface area contributed by atoms with E-state index in [0.717, 1.165) is 24.6 Å². The summed E-state index contributed by atoms with van der Waals surface area (Å²) in [6.07, 6.45) is 3.92. The molecule has 0 aromatic heterocycles. The average molecular weight is 310 g/mol. The minimum absolute atomic E-state index is 0.190. The largest absolute Gasteiger partial charge is 0.326 e. The Kier molecular flexibility index (Phi) is 5.79. The SMILES string of the molecule is CCN(CCS(=O)(=O)c1ccc(CN)cc1)CC1CCC1. The Morgan fingerprint density at radius 3 is 2.38 bits per heavy atom. The van der Waals surface area contributed by atoms with Crippen LogP contribution in [-0.4, -0.2) is 38.7 Å². The molecule has 0 heterocycles. The lowest BCUT2D eigenvalue weighted by Gasteiger charge is -2.31. The standard InChI is InChI=1S/C16H26N2O2S/c1-2-18(13-15-4-3-5-15)10-11-21(19,20)16-8-6-14(12-17)7-9-16/h6-9,15H,2-5,10-13,17H2,1H3. The van der Waals surface area contributed by atoms with Gasteiger partial charge in [0.2, 0.25) is 0 Å². The van der Waals surface area contributed by atoms with Gasteiger partial charge in [-0.3, -0.25) is 0 Å². The van der Waals surface area contributed by atoms with Gasteiger partial charge in [0.1, 0.15) is 0 Å². The van der Waals surface area contributed by atoms with Gasteiger partial charge >= 0.3 is 0 Å². The van der Waals surface area contributed by atoms with Crippen LogP contribution in [-0.2, 0) is 16.4 Å². The Bertz CT molecular complexity index is 536. The van der Waals surface area contributed by atoms with Crippen molar-refractivity contribution in [1.82, 2.24) is 4.90 Å². The Labute approximate surface area is 128 Å². The van der Waals surface area contributed by atoms with Crippen molar-refractivity contribution >= 4 is 9.84 Å². The van der Waals surface area contributed by atoms with Crippen LogP contribution in [0.15, 0.2) is 29.2 Å². The van der Waals surface area contributed by atoms with Crippen LogP contribution >= 0.6 is 0 Å². The first-order chi connectivity index (χ1) is 10.0. The van der Waals surface area contributed by atoms with E-state index in [1.54, 1.807) is 24.3 Å². The van der Waals surface area contributed by atoms with E-state index in [4.69, 9.17) is 5.73 Å². The molecule has 0 spiro atoms. The maximum Gasteiger partial charge on any atom is 0.179 e. The van der Waals surface area contributed by atoms with Crippen LogP contribution in [0.25, 0.3) is 0 Å². The molecule has 0 aliphatic heterocycles. The zero-order valence-electron chi connectivity index (χ0n) is 12.8. The van der Waals surface area contributed by atoms with Crippen molar-refractivity contribution in [3.8, 4) is 0 Å². The molecule has 1 aromatic carbocycles. The molecule has 2 N–H and O–H groups in total. The van der Waals surface area contributed by atoms with E-state index in [9.17, 15) is 8.42 Å². The summed E-state index contributed by atoms with van der Waals surface area (Å²) in [4.78, 5) is 2.66.